The maximum atomic E-state index is 5.03. The molecular formula is C53H52N2. The minimum atomic E-state index is -0.0157. The second-order valence-electron chi connectivity index (χ2n) is 16.6. The molecule has 5 aromatic carbocycles. The Balaban J connectivity index is 1.03. The minimum Gasteiger partial charge on any atom is -0.256 e. The number of aryl methyl sites for hydroxylation is 3. The van der Waals surface area contributed by atoms with E-state index in [1.54, 1.807) is 0 Å². The van der Waals surface area contributed by atoms with Crippen LogP contribution in [0.15, 0.2) is 152 Å². The van der Waals surface area contributed by atoms with Crippen LogP contribution in [0.3, 0.4) is 0 Å². The molecule has 274 valence electrons. The molecule has 0 N–H and O–H groups in total. The summed E-state index contributed by atoms with van der Waals surface area (Å²) in [6.45, 7) is 9.07. The summed E-state index contributed by atoms with van der Waals surface area (Å²) in [4.78, 5) is 9.54. The molecule has 0 atom stereocenters. The summed E-state index contributed by atoms with van der Waals surface area (Å²) in [5.74, 6) is 0.710. The van der Waals surface area contributed by atoms with E-state index in [1.165, 1.54) is 93.3 Å². The predicted molar refractivity (Wildman–Crippen MR) is 232 cm³/mol. The van der Waals surface area contributed by atoms with E-state index in [0.29, 0.717) is 5.92 Å². The number of hydrogen-bond acceptors (Lipinski definition) is 2. The van der Waals surface area contributed by atoms with E-state index in [2.05, 4.69) is 166 Å². The molecule has 1 saturated carbocycles. The van der Waals surface area contributed by atoms with Gasteiger partial charge in [0.05, 0.1) is 11.4 Å². The third kappa shape index (κ3) is 8.40. The van der Waals surface area contributed by atoms with Crippen LogP contribution < -0.4 is 0 Å². The average Bonchev–Trinajstić information content (AvgIpc) is 3.23. The first-order valence-electron chi connectivity index (χ1n) is 20.2. The Bertz CT molecular complexity index is 2360. The second kappa shape index (κ2) is 16.0. The Labute approximate surface area is 328 Å². The second-order valence-corrected chi connectivity index (χ2v) is 16.6. The minimum absolute atomic E-state index is 0.0157. The Hall–Kier alpha value is -5.60. The SMILES string of the molecule is Cc1cc(CCc2ccc(-c3ccccn3)cc2)cc(-c2ccccc2-c2ccc(-c3cc(-c4ccc(C5CCCCC5)cc4)c(C(C)(C)C)cn3)cc2)c1. The molecule has 0 unspecified atom stereocenters. The van der Waals surface area contributed by atoms with Crippen molar-refractivity contribution in [3.8, 4) is 55.9 Å². The molecule has 0 radical (unpaired) electrons. The monoisotopic (exact) mass is 716 g/mol. The lowest BCUT2D eigenvalue weighted by atomic mass is 9.81. The summed E-state index contributed by atoms with van der Waals surface area (Å²) in [7, 11) is 0. The third-order valence-electron chi connectivity index (χ3n) is 11.5. The van der Waals surface area contributed by atoms with Gasteiger partial charge in [0.1, 0.15) is 0 Å². The average molecular weight is 717 g/mol. The van der Waals surface area contributed by atoms with Gasteiger partial charge in [0, 0.05) is 23.5 Å². The van der Waals surface area contributed by atoms with Crippen molar-refractivity contribution in [3.05, 3.63) is 180 Å². The lowest BCUT2D eigenvalue weighted by molar-refractivity contribution is 0.443. The molecule has 0 amide bonds. The molecule has 2 aromatic heterocycles. The summed E-state index contributed by atoms with van der Waals surface area (Å²) in [6.07, 6.45) is 12.7. The Kier molecular flexibility index (Phi) is 10.6. The Morgan fingerprint density at radius 2 is 1.11 bits per heavy atom. The van der Waals surface area contributed by atoms with Crippen molar-refractivity contribution in [2.45, 2.75) is 84.0 Å². The van der Waals surface area contributed by atoms with Crippen LogP contribution in [0.5, 0.6) is 0 Å². The van der Waals surface area contributed by atoms with Crippen molar-refractivity contribution in [3.63, 3.8) is 0 Å². The van der Waals surface area contributed by atoms with Crippen molar-refractivity contribution >= 4 is 0 Å². The lowest BCUT2D eigenvalue weighted by Crippen LogP contribution is -2.13. The van der Waals surface area contributed by atoms with E-state index in [4.69, 9.17) is 4.98 Å². The summed E-state index contributed by atoms with van der Waals surface area (Å²) in [5.41, 5.74) is 18.6. The largest absolute Gasteiger partial charge is 0.256 e. The van der Waals surface area contributed by atoms with Crippen molar-refractivity contribution in [2.75, 3.05) is 0 Å². The number of pyridine rings is 2. The van der Waals surface area contributed by atoms with Gasteiger partial charge in [-0.25, -0.2) is 0 Å². The van der Waals surface area contributed by atoms with Gasteiger partial charge in [0.25, 0.3) is 0 Å². The summed E-state index contributed by atoms with van der Waals surface area (Å²) < 4.78 is 0. The third-order valence-corrected chi connectivity index (χ3v) is 11.5. The first kappa shape index (κ1) is 36.4. The fourth-order valence-corrected chi connectivity index (χ4v) is 8.45. The molecule has 0 bridgehead atoms. The molecule has 55 heavy (non-hydrogen) atoms. The van der Waals surface area contributed by atoms with Crippen molar-refractivity contribution < 1.29 is 0 Å². The first-order valence-corrected chi connectivity index (χ1v) is 20.2. The van der Waals surface area contributed by atoms with Gasteiger partial charge in [-0.3, -0.25) is 9.97 Å². The van der Waals surface area contributed by atoms with Gasteiger partial charge < -0.3 is 0 Å². The summed E-state index contributed by atoms with van der Waals surface area (Å²) in [5, 5.41) is 0. The maximum absolute atomic E-state index is 5.03. The van der Waals surface area contributed by atoms with Crippen LogP contribution in [0, 0.1) is 6.92 Å². The normalized spacial score (nSPS) is 13.5. The number of nitrogens with zero attached hydrogens (tertiary/aromatic N) is 2. The number of rotatable bonds is 9. The van der Waals surface area contributed by atoms with Gasteiger partial charge >= 0.3 is 0 Å². The molecule has 8 rings (SSSR count). The molecule has 0 saturated heterocycles. The van der Waals surface area contributed by atoms with Gasteiger partial charge in [-0.2, -0.15) is 0 Å². The highest BCUT2D eigenvalue weighted by atomic mass is 14.7. The zero-order valence-corrected chi connectivity index (χ0v) is 32.9. The van der Waals surface area contributed by atoms with E-state index in [-0.39, 0.29) is 5.41 Å². The van der Waals surface area contributed by atoms with Crippen LogP contribution in [0.1, 0.15) is 86.6 Å². The highest BCUT2D eigenvalue weighted by molar-refractivity contribution is 5.85. The molecule has 2 heterocycles. The quantitative estimate of drug-likeness (QED) is 0.149. The predicted octanol–water partition coefficient (Wildman–Crippen LogP) is 14.3. The van der Waals surface area contributed by atoms with Crippen LogP contribution in [0.4, 0.5) is 0 Å². The zero-order chi connectivity index (χ0) is 37.8. The van der Waals surface area contributed by atoms with Crippen molar-refractivity contribution in [2.24, 2.45) is 0 Å². The van der Waals surface area contributed by atoms with E-state index in [0.717, 1.165) is 35.4 Å². The van der Waals surface area contributed by atoms with Crippen LogP contribution in [-0.2, 0) is 18.3 Å². The van der Waals surface area contributed by atoms with Crippen molar-refractivity contribution in [1.82, 2.24) is 9.97 Å². The fraction of sp³-hybridized carbons (Fsp3) is 0.245. The zero-order valence-electron chi connectivity index (χ0n) is 32.9. The molecule has 0 spiro atoms. The molecule has 1 aliphatic rings. The first-order chi connectivity index (χ1) is 26.8. The van der Waals surface area contributed by atoms with Gasteiger partial charge in [-0.1, -0.05) is 167 Å². The summed E-state index contributed by atoms with van der Waals surface area (Å²) in [6, 6.07) is 51.5. The molecular weight excluding hydrogens is 665 g/mol. The number of benzene rings is 5. The van der Waals surface area contributed by atoms with Gasteiger partial charge in [0.15, 0.2) is 0 Å². The lowest BCUT2D eigenvalue weighted by Gasteiger charge is -2.24. The van der Waals surface area contributed by atoms with Gasteiger partial charge in [-0.15, -0.1) is 0 Å². The molecule has 0 aliphatic heterocycles. The number of aromatic nitrogens is 2. The smallest absolute Gasteiger partial charge is 0.0708 e. The van der Waals surface area contributed by atoms with E-state index >= 15 is 0 Å². The Morgan fingerprint density at radius 3 is 1.80 bits per heavy atom. The molecule has 1 fully saturated rings. The fourth-order valence-electron chi connectivity index (χ4n) is 8.45. The maximum Gasteiger partial charge on any atom is 0.0708 e. The number of hydrogen-bond donors (Lipinski definition) is 0. The van der Waals surface area contributed by atoms with E-state index in [9.17, 15) is 0 Å². The highest BCUT2D eigenvalue weighted by Gasteiger charge is 2.22. The molecule has 2 heteroatoms. The van der Waals surface area contributed by atoms with Crippen LogP contribution in [-0.4, -0.2) is 9.97 Å². The standard InChI is InChI=1S/C53H52N2/c1-37-32-39(18-17-38-19-21-44(22-20-38)51-16-10-11-31-54-51)34-46(33-37)48-15-9-8-14-47(48)42-27-29-45(30-28-42)52-35-49(50(36-55-52)53(2,3)4)43-25-23-41(24-26-43)40-12-6-5-7-13-40/h8-11,14-16,19-36,40H,5-7,12-13,17-18H2,1-4H3. The van der Waals surface area contributed by atoms with Crippen LogP contribution in [0.25, 0.3) is 55.9 Å². The van der Waals surface area contributed by atoms with Crippen LogP contribution >= 0.6 is 0 Å². The topological polar surface area (TPSA) is 25.8 Å². The van der Waals surface area contributed by atoms with E-state index < -0.39 is 0 Å². The summed E-state index contributed by atoms with van der Waals surface area (Å²) >= 11 is 0. The van der Waals surface area contributed by atoms with Crippen LogP contribution in [0.2, 0.25) is 0 Å². The molecule has 7 aromatic rings. The molecule has 2 nitrogen and oxygen atoms in total. The van der Waals surface area contributed by atoms with Gasteiger partial charge in [0.2, 0.25) is 0 Å². The van der Waals surface area contributed by atoms with Gasteiger partial charge in [-0.05, 0) is 118 Å². The van der Waals surface area contributed by atoms with E-state index in [1.807, 2.05) is 18.3 Å². The highest BCUT2D eigenvalue weighted by Crippen LogP contribution is 2.39. The van der Waals surface area contributed by atoms with Crippen molar-refractivity contribution in [1.29, 1.82) is 0 Å². The Morgan fingerprint density at radius 1 is 0.509 bits per heavy atom. The molecule has 1 aliphatic carbocycles.